The molecule has 1 aliphatic rings. The number of allylic oxidation sites excluding steroid dienone is 1. The molecule has 1 heterocycles. The van der Waals surface area contributed by atoms with E-state index in [9.17, 15) is 24.6 Å². The van der Waals surface area contributed by atoms with Gasteiger partial charge in [-0.2, -0.15) is 0 Å². The molecule has 3 atom stereocenters. The van der Waals surface area contributed by atoms with Crippen LogP contribution in [-0.4, -0.2) is 71.4 Å². The zero-order valence-electron chi connectivity index (χ0n) is 20.4. The number of rotatable bonds is 15. The normalized spacial score (nSPS) is 16.9. The Morgan fingerprint density at radius 1 is 1.20 bits per heavy atom. The Bertz CT molecular complexity index is 804. The molecule has 4 N–H and O–H groups in total. The molecule has 2 rings (SSSR count). The predicted octanol–water partition coefficient (Wildman–Crippen LogP) is 2.13. The van der Waals surface area contributed by atoms with E-state index in [-0.39, 0.29) is 44.1 Å². The lowest BCUT2D eigenvalue weighted by molar-refractivity contribution is -0.137. The van der Waals surface area contributed by atoms with Crippen molar-refractivity contribution < 1.29 is 29.3 Å². The first-order chi connectivity index (χ1) is 17.0. The number of aliphatic hydroxyl groups is 2. The summed E-state index contributed by atoms with van der Waals surface area (Å²) in [5.41, 5.74) is 0.911. The average molecular weight is 490 g/mol. The van der Waals surface area contributed by atoms with Crippen molar-refractivity contribution in [2.24, 2.45) is 5.92 Å². The van der Waals surface area contributed by atoms with Crippen LogP contribution in [0, 0.1) is 5.92 Å². The van der Waals surface area contributed by atoms with E-state index in [1.54, 1.807) is 11.0 Å². The fraction of sp³-hybridized carbons (Fsp3) is 0.577. The van der Waals surface area contributed by atoms with E-state index >= 15 is 0 Å². The van der Waals surface area contributed by atoms with Crippen molar-refractivity contribution in [3.05, 3.63) is 48.6 Å². The summed E-state index contributed by atoms with van der Waals surface area (Å²) in [6.07, 6.45) is 5.02. The first-order valence-electron chi connectivity index (χ1n) is 12.4. The van der Waals surface area contributed by atoms with Gasteiger partial charge in [0.05, 0.1) is 31.2 Å². The van der Waals surface area contributed by atoms with Gasteiger partial charge in [0.2, 0.25) is 11.8 Å². The molecule has 1 aromatic rings. The minimum absolute atomic E-state index is 0.0432. The van der Waals surface area contributed by atoms with Crippen LogP contribution in [-0.2, 0) is 20.9 Å². The number of alkyl carbamates (subject to hydrolysis) is 1. The number of hydrogen-bond donors (Lipinski definition) is 4. The third-order valence-electron chi connectivity index (χ3n) is 6.18. The number of carbonyl (C=O) groups excluding carboxylic acids is 3. The molecule has 1 fully saturated rings. The van der Waals surface area contributed by atoms with Crippen LogP contribution in [0.1, 0.15) is 50.5 Å². The molecule has 0 aliphatic carbocycles. The van der Waals surface area contributed by atoms with E-state index < -0.39 is 18.1 Å². The van der Waals surface area contributed by atoms with E-state index in [0.717, 1.165) is 18.4 Å². The van der Waals surface area contributed by atoms with Gasteiger partial charge >= 0.3 is 6.09 Å². The molecular formula is C26H39N3O6. The van der Waals surface area contributed by atoms with Crippen LogP contribution in [0.15, 0.2) is 43.0 Å². The van der Waals surface area contributed by atoms with Gasteiger partial charge in [0.25, 0.3) is 0 Å². The summed E-state index contributed by atoms with van der Waals surface area (Å²) in [6.45, 7) is 4.63. The van der Waals surface area contributed by atoms with Crippen LogP contribution in [0.25, 0.3) is 0 Å². The Kier molecular flexibility index (Phi) is 12.9. The van der Waals surface area contributed by atoms with Crippen molar-refractivity contribution in [1.82, 2.24) is 15.5 Å². The molecule has 0 unspecified atom stereocenters. The second-order valence-corrected chi connectivity index (χ2v) is 8.86. The van der Waals surface area contributed by atoms with Gasteiger partial charge < -0.3 is 30.5 Å². The Balaban J connectivity index is 1.68. The zero-order valence-corrected chi connectivity index (χ0v) is 20.4. The monoisotopic (exact) mass is 489 g/mol. The fourth-order valence-corrected chi connectivity index (χ4v) is 4.17. The molecule has 0 spiro atoms. The minimum Gasteiger partial charge on any atom is -0.445 e. The van der Waals surface area contributed by atoms with Crippen LogP contribution < -0.4 is 10.6 Å². The molecule has 9 nitrogen and oxygen atoms in total. The third kappa shape index (κ3) is 10.1. The molecule has 35 heavy (non-hydrogen) atoms. The quantitative estimate of drug-likeness (QED) is 0.221. The number of nitrogens with one attached hydrogen (secondary N) is 2. The van der Waals surface area contributed by atoms with Gasteiger partial charge in [-0.1, -0.05) is 36.4 Å². The maximum atomic E-state index is 12.8. The fourth-order valence-electron chi connectivity index (χ4n) is 4.17. The number of aliphatic hydroxyl groups excluding tert-OH is 2. The molecule has 0 saturated carbocycles. The average Bonchev–Trinajstić information content (AvgIpc) is 3.36. The van der Waals surface area contributed by atoms with Crippen molar-refractivity contribution in [2.75, 3.05) is 26.3 Å². The molecule has 0 aromatic heterocycles. The molecule has 194 valence electrons. The predicted molar refractivity (Wildman–Crippen MR) is 132 cm³/mol. The van der Waals surface area contributed by atoms with E-state index in [1.165, 1.54) is 0 Å². The van der Waals surface area contributed by atoms with Gasteiger partial charge in [0, 0.05) is 19.5 Å². The first-order valence-corrected chi connectivity index (χ1v) is 12.4. The molecule has 0 bridgehead atoms. The lowest BCUT2D eigenvalue weighted by atomic mass is 9.98. The van der Waals surface area contributed by atoms with Crippen molar-refractivity contribution >= 4 is 17.9 Å². The number of nitrogens with zero attached hydrogens (tertiary/aromatic N) is 1. The molecule has 0 radical (unpaired) electrons. The van der Waals surface area contributed by atoms with Crippen molar-refractivity contribution in [2.45, 2.75) is 63.6 Å². The number of carbonyl (C=O) groups is 3. The van der Waals surface area contributed by atoms with Gasteiger partial charge in [0.15, 0.2) is 0 Å². The van der Waals surface area contributed by atoms with Gasteiger partial charge in [-0.05, 0) is 44.1 Å². The number of hydrogen-bond acceptors (Lipinski definition) is 6. The van der Waals surface area contributed by atoms with Crippen molar-refractivity contribution in [1.29, 1.82) is 0 Å². The van der Waals surface area contributed by atoms with Gasteiger partial charge in [-0.25, -0.2) is 4.79 Å². The molecular weight excluding hydrogens is 450 g/mol. The highest BCUT2D eigenvalue weighted by molar-refractivity contribution is 5.86. The second kappa shape index (κ2) is 15.9. The number of ether oxygens (including phenoxy) is 1. The highest BCUT2D eigenvalue weighted by atomic mass is 16.5. The van der Waals surface area contributed by atoms with Crippen LogP contribution in [0.5, 0.6) is 0 Å². The topological polar surface area (TPSA) is 128 Å². The Labute approximate surface area is 207 Å². The van der Waals surface area contributed by atoms with Crippen LogP contribution in [0.3, 0.4) is 0 Å². The molecule has 1 aliphatic heterocycles. The zero-order chi connectivity index (χ0) is 25.5. The Morgan fingerprint density at radius 2 is 1.97 bits per heavy atom. The van der Waals surface area contributed by atoms with E-state index in [1.807, 2.05) is 30.3 Å². The maximum Gasteiger partial charge on any atom is 0.407 e. The summed E-state index contributed by atoms with van der Waals surface area (Å²) in [4.78, 5) is 38.9. The maximum absolute atomic E-state index is 12.8. The van der Waals surface area contributed by atoms with E-state index in [2.05, 4.69) is 17.2 Å². The Morgan fingerprint density at radius 3 is 2.66 bits per heavy atom. The van der Waals surface area contributed by atoms with E-state index in [4.69, 9.17) is 4.74 Å². The lowest BCUT2D eigenvalue weighted by Crippen LogP contribution is -2.44. The molecule has 1 aromatic carbocycles. The van der Waals surface area contributed by atoms with Crippen LogP contribution in [0.4, 0.5) is 4.79 Å². The highest BCUT2D eigenvalue weighted by Crippen LogP contribution is 2.21. The largest absolute Gasteiger partial charge is 0.445 e. The second-order valence-electron chi connectivity index (χ2n) is 8.86. The summed E-state index contributed by atoms with van der Waals surface area (Å²) in [6, 6.07) is 8.80. The smallest absolute Gasteiger partial charge is 0.407 e. The summed E-state index contributed by atoms with van der Waals surface area (Å²) in [5.74, 6) is -1.01. The lowest BCUT2D eigenvalue weighted by Gasteiger charge is -2.26. The van der Waals surface area contributed by atoms with Gasteiger partial charge in [-0.15, -0.1) is 6.58 Å². The summed E-state index contributed by atoms with van der Waals surface area (Å²) in [7, 11) is 0. The number of unbranched alkanes of at least 4 members (excludes halogenated alkanes) is 1. The number of benzene rings is 1. The van der Waals surface area contributed by atoms with Crippen LogP contribution >= 0.6 is 0 Å². The van der Waals surface area contributed by atoms with E-state index in [0.29, 0.717) is 38.8 Å². The highest BCUT2D eigenvalue weighted by Gasteiger charge is 2.31. The van der Waals surface area contributed by atoms with Gasteiger partial charge in [-0.3, -0.25) is 9.59 Å². The first kappa shape index (κ1) is 28.3. The standard InChI is InChI=1S/C26H39N3O6/c1-2-9-21(16-24(32)29-15-8-13-23(29)18-31)25(33)28-22(17-30)12-6-7-14-27-26(34)35-19-20-10-4-3-5-11-20/h2-5,10-11,21-23,30-31H,1,6-9,12-19H2,(H,27,34)(H,28,33)/t21-,22-,23-/m0/s1. The summed E-state index contributed by atoms with van der Waals surface area (Å²) in [5, 5.41) is 24.7. The minimum atomic E-state index is -0.574. The Hall–Kier alpha value is -2.91. The third-order valence-corrected chi connectivity index (χ3v) is 6.18. The van der Waals surface area contributed by atoms with Crippen LogP contribution in [0.2, 0.25) is 0 Å². The van der Waals surface area contributed by atoms with Crippen molar-refractivity contribution in [3.63, 3.8) is 0 Å². The molecule has 1 saturated heterocycles. The SMILES string of the molecule is C=CC[C@@H](CC(=O)N1CCC[C@H]1CO)C(=O)N[C@H](CO)CCCCNC(=O)OCc1ccccc1. The summed E-state index contributed by atoms with van der Waals surface area (Å²) < 4.78 is 5.16. The van der Waals surface area contributed by atoms with Gasteiger partial charge in [0.1, 0.15) is 6.61 Å². The molecule has 3 amide bonds. The number of likely N-dealkylation sites (tertiary alicyclic amines) is 1. The number of amides is 3. The molecule has 9 heteroatoms. The summed E-state index contributed by atoms with van der Waals surface area (Å²) >= 11 is 0. The van der Waals surface area contributed by atoms with Crippen molar-refractivity contribution in [3.8, 4) is 0 Å².